The fourth-order valence-electron chi connectivity index (χ4n) is 2.65. The molecule has 0 saturated heterocycles. The summed E-state index contributed by atoms with van der Waals surface area (Å²) in [6.07, 6.45) is 5.04. The Labute approximate surface area is 110 Å². The lowest BCUT2D eigenvalue weighted by Gasteiger charge is -2.05. The lowest BCUT2D eigenvalue weighted by molar-refractivity contribution is 0.356. The van der Waals surface area contributed by atoms with Gasteiger partial charge >= 0.3 is 0 Å². The number of aromatic nitrogens is 2. The lowest BCUT2D eigenvalue weighted by Crippen LogP contribution is -2.19. The van der Waals surface area contributed by atoms with Crippen molar-refractivity contribution in [1.82, 2.24) is 15.5 Å². The molecule has 102 valence electrons. The van der Waals surface area contributed by atoms with Gasteiger partial charge in [-0.1, -0.05) is 32.3 Å². The molecule has 1 saturated carbocycles. The molecule has 0 radical (unpaired) electrons. The molecule has 1 aliphatic carbocycles. The number of nitrogens with zero attached hydrogens (tertiary/aromatic N) is 2. The molecule has 4 nitrogen and oxygen atoms in total. The van der Waals surface area contributed by atoms with Crippen molar-refractivity contribution in [3.8, 4) is 0 Å². The summed E-state index contributed by atoms with van der Waals surface area (Å²) in [6.45, 7) is 8.32. The van der Waals surface area contributed by atoms with Crippen LogP contribution in [0.15, 0.2) is 4.52 Å². The summed E-state index contributed by atoms with van der Waals surface area (Å²) in [6, 6.07) is 0. The van der Waals surface area contributed by atoms with Crippen molar-refractivity contribution >= 4 is 0 Å². The van der Waals surface area contributed by atoms with E-state index in [9.17, 15) is 0 Å². The van der Waals surface area contributed by atoms with E-state index in [4.69, 9.17) is 4.52 Å². The molecular formula is C14H25N3O. The fourth-order valence-corrected chi connectivity index (χ4v) is 2.65. The van der Waals surface area contributed by atoms with Crippen LogP contribution in [-0.4, -0.2) is 16.7 Å². The Bertz CT molecular complexity index is 362. The number of nitrogens with one attached hydrogen (secondary N) is 1. The van der Waals surface area contributed by atoms with Gasteiger partial charge in [0.25, 0.3) is 0 Å². The third kappa shape index (κ3) is 3.55. The van der Waals surface area contributed by atoms with Crippen molar-refractivity contribution < 1.29 is 4.52 Å². The second-order valence-electron chi connectivity index (χ2n) is 5.86. The topological polar surface area (TPSA) is 51.0 Å². The molecule has 4 heteroatoms. The Hall–Kier alpha value is -0.900. The van der Waals surface area contributed by atoms with Gasteiger partial charge in [0.15, 0.2) is 5.82 Å². The minimum absolute atomic E-state index is 0.526. The molecule has 1 aromatic rings. The summed E-state index contributed by atoms with van der Waals surface area (Å²) in [7, 11) is 0. The number of hydrogen-bond donors (Lipinski definition) is 1. The van der Waals surface area contributed by atoms with E-state index in [1.807, 2.05) is 0 Å². The van der Waals surface area contributed by atoms with Crippen molar-refractivity contribution in [2.75, 3.05) is 6.54 Å². The molecule has 1 fully saturated rings. The van der Waals surface area contributed by atoms with E-state index in [-0.39, 0.29) is 0 Å². The average Bonchev–Trinajstić information content (AvgIpc) is 2.95. The van der Waals surface area contributed by atoms with Gasteiger partial charge in [-0.25, -0.2) is 0 Å². The zero-order valence-corrected chi connectivity index (χ0v) is 11.8. The summed E-state index contributed by atoms with van der Waals surface area (Å²) in [5.41, 5.74) is 0. The molecule has 2 atom stereocenters. The van der Waals surface area contributed by atoms with Crippen LogP contribution < -0.4 is 5.32 Å². The highest BCUT2D eigenvalue weighted by Gasteiger charge is 2.28. The first-order valence-corrected chi connectivity index (χ1v) is 7.22. The first kappa shape index (κ1) is 13.5. The third-order valence-electron chi connectivity index (χ3n) is 3.80. The van der Waals surface area contributed by atoms with Gasteiger partial charge in [-0.3, -0.25) is 0 Å². The van der Waals surface area contributed by atoms with Gasteiger partial charge in [-0.2, -0.15) is 4.98 Å². The average molecular weight is 251 g/mol. The van der Waals surface area contributed by atoms with Crippen LogP contribution in [0.25, 0.3) is 0 Å². The monoisotopic (exact) mass is 251 g/mol. The first-order valence-electron chi connectivity index (χ1n) is 7.22. The van der Waals surface area contributed by atoms with E-state index in [2.05, 4.69) is 36.2 Å². The molecule has 0 aromatic carbocycles. The highest BCUT2D eigenvalue weighted by atomic mass is 16.5. The Morgan fingerprint density at radius 1 is 1.39 bits per heavy atom. The molecule has 1 heterocycles. The molecule has 1 aliphatic rings. The molecular weight excluding hydrogens is 226 g/mol. The summed E-state index contributed by atoms with van der Waals surface area (Å²) in [5.74, 6) is 3.68. The van der Waals surface area contributed by atoms with Crippen molar-refractivity contribution in [3.63, 3.8) is 0 Å². The normalized spacial score (nSPS) is 24.0. The van der Waals surface area contributed by atoms with Gasteiger partial charge in [0.1, 0.15) is 0 Å². The maximum Gasteiger partial charge on any atom is 0.240 e. The number of hydrogen-bond acceptors (Lipinski definition) is 4. The molecule has 1 N–H and O–H groups in total. The molecule has 2 rings (SSSR count). The van der Waals surface area contributed by atoms with Crippen LogP contribution in [0, 0.1) is 11.8 Å². The van der Waals surface area contributed by atoms with Gasteiger partial charge in [0.05, 0.1) is 6.54 Å². The standard InChI is InChI=1S/C14H25N3O/c1-4-11-5-6-12(7-11)14-16-13(18-17-14)9-15-8-10(2)3/h10-12,15H,4-9H2,1-3H3. The van der Waals surface area contributed by atoms with Crippen LogP contribution in [0.2, 0.25) is 0 Å². The highest BCUT2D eigenvalue weighted by Crippen LogP contribution is 2.38. The van der Waals surface area contributed by atoms with E-state index >= 15 is 0 Å². The predicted molar refractivity (Wildman–Crippen MR) is 71.2 cm³/mol. The van der Waals surface area contributed by atoms with Gasteiger partial charge in [-0.15, -0.1) is 0 Å². The summed E-state index contributed by atoms with van der Waals surface area (Å²) >= 11 is 0. The van der Waals surface area contributed by atoms with Gasteiger partial charge in [0.2, 0.25) is 5.89 Å². The summed E-state index contributed by atoms with van der Waals surface area (Å²) in [5, 5.41) is 7.47. The Kier molecular flexibility index (Phi) is 4.75. The Morgan fingerprint density at radius 3 is 2.89 bits per heavy atom. The smallest absolute Gasteiger partial charge is 0.240 e. The molecule has 2 unspecified atom stereocenters. The van der Waals surface area contributed by atoms with Crippen molar-refractivity contribution in [2.24, 2.45) is 11.8 Å². The number of rotatable bonds is 6. The van der Waals surface area contributed by atoms with Crippen LogP contribution in [0.4, 0.5) is 0 Å². The maximum absolute atomic E-state index is 5.30. The summed E-state index contributed by atoms with van der Waals surface area (Å²) < 4.78 is 5.30. The fraction of sp³-hybridized carbons (Fsp3) is 0.857. The van der Waals surface area contributed by atoms with Crippen LogP contribution in [0.5, 0.6) is 0 Å². The second kappa shape index (κ2) is 6.32. The third-order valence-corrected chi connectivity index (χ3v) is 3.80. The minimum Gasteiger partial charge on any atom is -0.338 e. The van der Waals surface area contributed by atoms with E-state index in [0.29, 0.717) is 18.4 Å². The maximum atomic E-state index is 5.30. The minimum atomic E-state index is 0.526. The van der Waals surface area contributed by atoms with Crippen molar-refractivity contribution in [1.29, 1.82) is 0 Å². The largest absolute Gasteiger partial charge is 0.338 e. The van der Waals surface area contributed by atoms with Crippen LogP contribution in [0.1, 0.15) is 64.1 Å². The molecule has 0 amide bonds. The highest BCUT2D eigenvalue weighted by molar-refractivity contribution is 4.99. The molecule has 0 aliphatic heterocycles. The second-order valence-corrected chi connectivity index (χ2v) is 5.86. The van der Waals surface area contributed by atoms with E-state index < -0.39 is 0 Å². The summed E-state index contributed by atoms with van der Waals surface area (Å²) in [4.78, 5) is 4.52. The van der Waals surface area contributed by atoms with Crippen LogP contribution >= 0.6 is 0 Å². The van der Waals surface area contributed by atoms with E-state index in [1.165, 1.54) is 25.7 Å². The van der Waals surface area contributed by atoms with Gasteiger partial charge in [0, 0.05) is 5.92 Å². The van der Waals surface area contributed by atoms with Gasteiger partial charge < -0.3 is 9.84 Å². The first-order chi connectivity index (χ1) is 8.69. The van der Waals surface area contributed by atoms with Gasteiger partial charge in [-0.05, 0) is 37.6 Å². The quantitative estimate of drug-likeness (QED) is 0.844. The Balaban J connectivity index is 1.83. The van der Waals surface area contributed by atoms with Crippen molar-refractivity contribution in [3.05, 3.63) is 11.7 Å². The van der Waals surface area contributed by atoms with E-state index in [0.717, 1.165) is 24.2 Å². The Morgan fingerprint density at radius 2 is 2.22 bits per heavy atom. The SMILES string of the molecule is CCC1CCC(c2noc(CNCC(C)C)n2)C1. The predicted octanol–water partition coefficient (Wildman–Crippen LogP) is 3.11. The van der Waals surface area contributed by atoms with Crippen LogP contribution in [0.3, 0.4) is 0 Å². The van der Waals surface area contributed by atoms with Crippen molar-refractivity contribution in [2.45, 2.75) is 58.9 Å². The zero-order chi connectivity index (χ0) is 13.0. The molecule has 0 spiro atoms. The molecule has 18 heavy (non-hydrogen) atoms. The van der Waals surface area contributed by atoms with Crippen LogP contribution in [-0.2, 0) is 6.54 Å². The van der Waals surface area contributed by atoms with E-state index in [1.54, 1.807) is 0 Å². The zero-order valence-electron chi connectivity index (χ0n) is 11.8. The molecule has 0 bridgehead atoms. The lowest BCUT2D eigenvalue weighted by atomic mass is 10.0. The molecule has 1 aromatic heterocycles.